The molecule has 2 nitrogen and oxygen atoms in total. The Balaban J connectivity index is 0.946. The third kappa shape index (κ3) is 5.93. The van der Waals surface area contributed by atoms with Gasteiger partial charge in [0.05, 0.1) is 21.4 Å². The number of rotatable bonds is 7. The molecule has 3 heteroatoms. The fraction of sp³-hybridized carbons (Fsp3) is 0. The van der Waals surface area contributed by atoms with Crippen LogP contribution in [0.15, 0.2) is 231 Å². The van der Waals surface area contributed by atoms with Crippen LogP contribution in [0, 0.1) is 0 Å². The third-order valence-electron chi connectivity index (χ3n) is 12.2. The number of benzene rings is 10. The van der Waals surface area contributed by atoms with Gasteiger partial charge in [-0.1, -0.05) is 170 Å². The van der Waals surface area contributed by atoms with Crippen LogP contribution in [0.4, 0.5) is 17.1 Å². The molecule has 0 radical (unpaired) electrons. The number of hydrogen-bond acceptors (Lipinski definition) is 2. The van der Waals surface area contributed by atoms with Gasteiger partial charge in [-0.15, -0.1) is 11.3 Å². The number of anilines is 3. The van der Waals surface area contributed by atoms with Crippen molar-refractivity contribution in [3.63, 3.8) is 0 Å². The summed E-state index contributed by atoms with van der Waals surface area (Å²) in [5, 5.41) is 7.63. The lowest BCUT2D eigenvalue weighted by atomic mass is 9.91. The molecule has 2 heterocycles. The maximum absolute atomic E-state index is 2.43. The zero-order valence-electron chi connectivity index (χ0n) is 33.2. The van der Waals surface area contributed by atoms with Crippen LogP contribution in [0.3, 0.4) is 0 Å². The number of para-hydroxylation sites is 2. The maximum atomic E-state index is 2.43. The summed E-state index contributed by atoms with van der Waals surface area (Å²) >= 11 is 1.86. The Morgan fingerprint density at radius 1 is 0.344 bits per heavy atom. The number of fused-ring (bicyclic) bond motifs is 7. The van der Waals surface area contributed by atoms with Gasteiger partial charge in [-0.2, -0.15) is 0 Å². The molecule has 0 saturated heterocycles. The van der Waals surface area contributed by atoms with Crippen molar-refractivity contribution in [3.8, 4) is 39.1 Å². The second kappa shape index (κ2) is 14.5. The highest BCUT2D eigenvalue weighted by Crippen LogP contribution is 2.46. The summed E-state index contributed by atoms with van der Waals surface area (Å²) in [6.07, 6.45) is 0. The highest BCUT2D eigenvalue weighted by molar-refractivity contribution is 7.26. The van der Waals surface area contributed by atoms with Crippen LogP contribution in [0.5, 0.6) is 0 Å². The molecule has 0 amide bonds. The van der Waals surface area contributed by atoms with Crippen molar-refractivity contribution in [1.82, 2.24) is 4.57 Å². The van der Waals surface area contributed by atoms with E-state index in [4.69, 9.17) is 0 Å². The average Bonchev–Trinajstić information content (AvgIpc) is 3.89. The van der Waals surface area contributed by atoms with Crippen LogP contribution in [0.2, 0.25) is 0 Å². The summed E-state index contributed by atoms with van der Waals surface area (Å²) in [6, 6.07) is 84.0. The molecule has 0 N–H and O–H groups in total. The predicted octanol–water partition coefficient (Wildman–Crippen LogP) is 16.8. The van der Waals surface area contributed by atoms with Crippen LogP contribution in [-0.2, 0) is 0 Å². The first-order valence-corrected chi connectivity index (χ1v) is 21.7. The molecule has 2 aromatic heterocycles. The van der Waals surface area contributed by atoms with E-state index in [1.807, 2.05) is 11.3 Å². The number of nitrogens with zero attached hydrogens (tertiary/aromatic N) is 2. The van der Waals surface area contributed by atoms with Crippen molar-refractivity contribution in [2.75, 3.05) is 4.90 Å². The largest absolute Gasteiger partial charge is 0.309 e. The Kier molecular flexibility index (Phi) is 8.39. The van der Waals surface area contributed by atoms with Gasteiger partial charge in [0.1, 0.15) is 0 Å². The summed E-state index contributed by atoms with van der Waals surface area (Å²) < 4.78 is 4.95. The van der Waals surface area contributed by atoms with Crippen LogP contribution < -0.4 is 4.90 Å². The van der Waals surface area contributed by atoms with Crippen molar-refractivity contribution < 1.29 is 0 Å². The average molecular weight is 795 g/mol. The molecule has 10 aromatic carbocycles. The third-order valence-corrected chi connectivity index (χ3v) is 13.4. The van der Waals surface area contributed by atoms with Crippen LogP contribution >= 0.6 is 11.3 Å². The van der Waals surface area contributed by atoms with E-state index >= 15 is 0 Å². The van der Waals surface area contributed by atoms with Crippen LogP contribution in [0.1, 0.15) is 0 Å². The molecule has 0 aliphatic rings. The lowest BCUT2D eigenvalue weighted by Gasteiger charge is -2.26. The predicted molar refractivity (Wildman–Crippen MR) is 262 cm³/mol. The number of hydrogen-bond donors (Lipinski definition) is 0. The fourth-order valence-corrected chi connectivity index (χ4v) is 10.6. The normalized spacial score (nSPS) is 11.6. The van der Waals surface area contributed by atoms with Gasteiger partial charge in [-0.25, -0.2) is 0 Å². The highest BCUT2D eigenvalue weighted by Gasteiger charge is 2.19. The molecule has 0 spiro atoms. The van der Waals surface area contributed by atoms with E-state index in [2.05, 4.69) is 240 Å². The molecule has 0 aliphatic heterocycles. The Morgan fingerprint density at radius 2 is 0.836 bits per heavy atom. The highest BCUT2D eigenvalue weighted by atomic mass is 32.1. The van der Waals surface area contributed by atoms with E-state index < -0.39 is 0 Å². The van der Waals surface area contributed by atoms with Crippen molar-refractivity contribution >= 4 is 81.1 Å². The molecule has 61 heavy (non-hydrogen) atoms. The van der Waals surface area contributed by atoms with Crippen molar-refractivity contribution in [3.05, 3.63) is 231 Å². The molecular weight excluding hydrogens is 757 g/mol. The van der Waals surface area contributed by atoms with E-state index in [-0.39, 0.29) is 0 Å². The standard InChI is InChI=1S/C58H38N2S/c1-2-13-41(14-3-1)47-20-10-15-43-16-11-21-48(57(43)47)42-31-37-45(38-32-42)59(55-25-12-22-52-51-19-6-9-26-56(51)61-58(52)55)44-33-27-39(28-34-44)40-29-35-46(36-30-40)60-53-23-7-4-17-49(53)50-18-5-8-24-54(50)60/h1-38H. The van der Waals surface area contributed by atoms with Crippen LogP contribution in [0.25, 0.3) is 91.8 Å². The lowest BCUT2D eigenvalue weighted by Crippen LogP contribution is -2.10. The summed E-state index contributed by atoms with van der Waals surface area (Å²) in [4.78, 5) is 2.43. The van der Waals surface area contributed by atoms with Gasteiger partial charge in [0, 0.05) is 43.3 Å². The quantitative estimate of drug-likeness (QED) is 0.156. The van der Waals surface area contributed by atoms with Gasteiger partial charge in [-0.3, -0.25) is 0 Å². The SMILES string of the molecule is c1ccc(-c2cccc3cccc(-c4ccc(N(c5ccc(-c6ccc(-n7c8ccccc8c8ccccc87)cc6)cc5)c5cccc6c5sc5ccccc56)cc4)c23)cc1. The van der Waals surface area contributed by atoms with Gasteiger partial charge < -0.3 is 9.47 Å². The monoisotopic (exact) mass is 794 g/mol. The van der Waals surface area contributed by atoms with Gasteiger partial charge in [-0.05, 0) is 105 Å². The van der Waals surface area contributed by atoms with Gasteiger partial charge in [0.25, 0.3) is 0 Å². The molecule has 0 saturated carbocycles. The van der Waals surface area contributed by atoms with E-state index in [9.17, 15) is 0 Å². The molecule has 0 bridgehead atoms. The van der Waals surface area contributed by atoms with E-state index in [1.54, 1.807) is 0 Å². The first kappa shape index (κ1) is 35.2. The Hall–Kier alpha value is -7.72. The summed E-state index contributed by atoms with van der Waals surface area (Å²) in [5.74, 6) is 0. The molecule has 0 aliphatic carbocycles. The molecule has 0 fully saturated rings. The zero-order chi connectivity index (χ0) is 40.3. The van der Waals surface area contributed by atoms with Gasteiger partial charge in [0.2, 0.25) is 0 Å². The van der Waals surface area contributed by atoms with E-state index in [1.165, 1.54) is 91.8 Å². The minimum absolute atomic E-state index is 1.11. The first-order valence-electron chi connectivity index (χ1n) is 20.8. The smallest absolute Gasteiger partial charge is 0.0640 e. The summed E-state index contributed by atoms with van der Waals surface area (Å²) in [6.45, 7) is 0. The number of thiophene rings is 1. The van der Waals surface area contributed by atoms with Crippen molar-refractivity contribution in [1.29, 1.82) is 0 Å². The van der Waals surface area contributed by atoms with E-state index in [0.29, 0.717) is 0 Å². The molecule has 12 aromatic rings. The summed E-state index contributed by atoms with van der Waals surface area (Å²) in [5.41, 5.74) is 14.2. The van der Waals surface area contributed by atoms with Crippen molar-refractivity contribution in [2.45, 2.75) is 0 Å². The minimum Gasteiger partial charge on any atom is -0.309 e. The Labute approximate surface area is 358 Å². The lowest BCUT2D eigenvalue weighted by molar-refractivity contribution is 1.18. The molecule has 12 rings (SSSR count). The maximum Gasteiger partial charge on any atom is 0.0640 e. The zero-order valence-corrected chi connectivity index (χ0v) is 34.1. The van der Waals surface area contributed by atoms with E-state index in [0.717, 1.165) is 17.1 Å². The van der Waals surface area contributed by atoms with Gasteiger partial charge >= 0.3 is 0 Å². The first-order chi connectivity index (χ1) is 30.3. The van der Waals surface area contributed by atoms with Crippen molar-refractivity contribution in [2.24, 2.45) is 0 Å². The topological polar surface area (TPSA) is 8.17 Å². The molecule has 0 atom stereocenters. The Bertz CT molecular complexity index is 3500. The Morgan fingerprint density at radius 3 is 1.48 bits per heavy atom. The second-order valence-corrected chi connectivity index (χ2v) is 16.7. The number of aromatic nitrogens is 1. The minimum atomic E-state index is 1.11. The second-order valence-electron chi connectivity index (χ2n) is 15.7. The fourth-order valence-electron chi connectivity index (χ4n) is 9.37. The van der Waals surface area contributed by atoms with Gasteiger partial charge in [0.15, 0.2) is 0 Å². The molecular formula is C58H38N2S. The molecule has 286 valence electrons. The molecule has 0 unspecified atom stereocenters. The van der Waals surface area contributed by atoms with Crippen LogP contribution in [-0.4, -0.2) is 4.57 Å². The summed E-state index contributed by atoms with van der Waals surface area (Å²) in [7, 11) is 0.